The van der Waals surface area contributed by atoms with Gasteiger partial charge in [0.05, 0.1) is 17.6 Å². The summed E-state index contributed by atoms with van der Waals surface area (Å²) in [6, 6.07) is 23.5. The molecule has 1 heterocycles. The lowest BCUT2D eigenvalue weighted by atomic mass is 10.2. The highest BCUT2D eigenvalue weighted by molar-refractivity contribution is 5.97. The molecule has 1 amide bonds. The van der Waals surface area contributed by atoms with Crippen molar-refractivity contribution >= 4 is 16.9 Å². The van der Waals surface area contributed by atoms with Gasteiger partial charge in [-0.25, -0.2) is 4.98 Å². The van der Waals surface area contributed by atoms with Gasteiger partial charge in [0.1, 0.15) is 18.2 Å². The summed E-state index contributed by atoms with van der Waals surface area (Å²) >= 11 is 0. The Morgan fingerprint density at radius 3 is 2.42 bits per heavy atom. The molecule has 7 heteroatoms. The quantitative estimate of drug-likeness (QED) is 0.390. The fourth-order valence-corrected chi connectivity index (χ4v) is 3.64. The summed E-state index contributed by atoms with van der Waals surface area (Å²) < 4.78 is 18.2. The monoisotopic (exact) mass is 445 g/mol. The summed E-state index contributed by atoms with van der Waals surface area (Å²) in [7, 11) is 3.06. The zero-order valence-corrected chi connectivity index (χ0v) is 18.9. The summed E-state index contributed by atoms with van der Waals surface area (Å²) in [6.07, 6.45) is -0.487. The van der Waals surface area contributed by atoms with Crippen molar-refractivity contribution in [3.05, 3.63) is 89.7 Å². The number of carbonyl (C=O) groups excluding carboxylic acids is 1. The Balaban J connectivity index is 1.50. The lowest BCUT2D eigenvalue weighted by Gasteiger charge is -2.14. The number of nitrogens with zero attached hydrogens (tertiary/aromatic N) is 2. The van der Waals surface area contributed by atoms with Crippen molar-refractivity contribution in [3.8, 4) is 11.4 Å². The second-order valence-corrected chi connectivity index (χ2v) is 7.58. The third kappa shape index (κ3) is 5.22. The number of aryl methyl sites for hydroxylation is 1. The van der Waals surface area contributed by atoms with Crippen LogP contribution in [0.25, 0.3) is 16.7 Å². The van der Waals surface area contributed by atoms with Gasteiger partial charge in [0.15, 0.2) is 6.29 Å². The summed E-state index contributed by atoms with van der Waals surface area (Å²) in [5.74, 6) is 1.43. The van der Waals surface area contributed by atoms with Crippen LogP contribution in [0.1, 0.15) is 21.7 Å². The Hall–Kier alpha value is -3.68. The van der Waals surface area contributed by atoms with Crippen molar-refractivity contribution in [1.82, 2.24) is 14.9 Å². The SMILES string of the molecule is COC(CNC(=O)c1ccc2c(c1)nc(C)n2-c1ccc(OCc2ccccc2)cc1)OC. The Bertz CT molecular complexity index is 1220. The first-order valence-corrected chi connectivity index (χ1v) is 10.7. The maximum atomic E-state index is 12.5. The van der Waals surface area contributed by atoms with Gasteiger partial charge in [-0.2, -0.15) is 0 Å². The standard InChI is InChI=1S/C26H27N3O4/c1-18-28-23-15-20(26(30)27-16-25(31-2)32-3)9-14-24(23)29(18)21-10-12-22(13-11-21)33-17-19-7-5-4-6-8-19/h4-15,25H,16-17H2,1-3H3,(H,27,30). The molecule has 4 rings (SSSR count). The zero-order chi connectivity index (χ0) is 23.2. The highest BCUT2D eigenvalue weighted by Gasteiger charge is 2.14. The molecular weight excluding hydrogens is 418 g/mol. The first-order valence-electron chi connectivity index (χ1n) is 10.7. The Morgan fingerprint density at radius 2 is 1.73 bits per heavy atom. The molecule has 0 aliphatic carbocycles. The number of rotatable bonds is 9. The van der Waals surface area contributed by atoms with Crippen LogP contribution in [-0.4, -0.2) is 42.5 Å². The molecule has 170 valence electrons. The van der Waals surface area contributed by atoms with Gasteiger partial charge in [-0.05, 0) is 55.0 Å². The smallest absolute Gasteiger partial charge is 0.251 e. The Labute approximate surface area is 192 Å². The van der Waals surface area contributed by atoms with Crippen molar-refractivity contribution in [2.24, 2.45) is 0 Å². The van der Waals surface area contributed by atoms with Crippen LogP contribution in [0.2, 0.25) is 0 Å². The topological polar surface area (TPSA) is 74.6 Å². The third-order valence-corrected chi connectivity index (χ3v) is 5.38. The number of imidazole rings is 1. The largest absolute Gasteiger partial charge is 0.489 e. The van der Waals surface area contributed by atoms with Crippen LogP contribution in [0.3, 0.4) is 0 Å². The van der Waals surface area contributed by atoms with E-state index in [9.17, 15) is 4.79 Å². The van der Waals surface area contributed by atoms with Crippen molar-refractivity contribution in [2.75, 3.05) is 20.8 Å². The number of hydrogen-bond acceptors (Lipinski definition) is 5. The average molecular weight is 446 g/mol. The maximum Gasteiger partial charge on any atom is 0.251 e. The average Bonchev–Trinajstić information content (AvgIpc) is 3.19. The van der Waals surface area contributed by atoms with Gasteiger partial charge in [0, 0.05) is 25.5 Å². The van der Waals surface area contributed by atoms with E-state index in [0.29, 0.717) is 12.2 Å². The van der Waals surface area contributed by atoms with E-state index in [4.69, 9.17) is 14.2 Å². The molecule has 0 radical (unpaired) electrons. The predicted molar refractivity (Wildman–Crippen MR) is 127 cm³/mol. The molecule has 0 aliphatic heterocycles. The van der Waals surface area contributed by atoms with E-state index in [1.165, 1.54) is 14.2 Å². The number of carbonyl (C=O) groups is 1. The van der Waals surface area contributed by atoms with Crippen molar-refractivity contribution in [2.45, 2.75) is 19.8 Å². The molecule has 0 fully saturated rings. The predicted octanol–water partition coefficient (Wildman–Crippen LogP) is 4.26. The molecule has 1 aromatic heterocycles. The number of amides is 1. The summed E-state index contributed by atoms with van der Waals surface area (Å²) in [6.45, 7) is 2.73. The van der Waals surface area contributed by atoms with E-state index in [-0.39, 0.29) is 12.5 Å². The number of fused-ring (bicyclic) bond motifs is 1. The van der Waals surface area contributed by atoms with Crippen LogP contribution in [0, 0.1) is 6.92 Å². The molecule has 1 N–H and O–H groups in total. The summed E-state index contributed by atoms with van der Waals surface area (Å²) in [5, 5.41) is 2.81. The molecule has 0 saturated heterocycles. The Kier molecular flexibility index (Phi) is 7.02. The molecule has 0 atom stereocenters. The first kappa shape index (κ1) is 22.5. The molecule has 33 heavy (non-hydrogen) atoms. The fourth-order valence-electron chi connectivity index (χ4n) is 3.64. The van der Waals surface area contributed by atoms with Gasteiger partial charge in [0.25, 0.3) is 5.91 Å². The van der Waals surface area contributed by atoms with E-state index < -0.39 is 6.29 Å². The van der Waals surface area contributed by atoms with Crippen LogP contribution < -0.4 is 10.1 Å². The van der Waals surface area contributed by atoms with E-state index in [2.05, 4.69) is 14.9 Å². The van der Waals surface area contributed by atoms with Gasteiger partial charge in [-0.3, -0.25) is 9.36 Å². The molecular formula is C26H27N3O4. The van der Waals surface area contributed by atoms with E-state index >= 15 is 0 Å². The number of ether oxygens (including phenoxy) is 3. The molecule has 0 bridgehead atoms. The Morgan fingerprint density at radius 1 is 1.00 bits per heavy atom. The van der Waals surface area contributed by atoms with Crippen LogP contribution in [-0.2, 0) is 16.1 Å². The molecule has 0 spiro atoms. The zero-order valence-electron chi connectivity index (χ0n) is 18.9. The minimum Gasteiger partial charge on any atom is -0.489 e. The van der Waals surface area contributed by atoms with Crippen LogP contribution >= 0.6 is 0 Å². The summed E-state index contributed by atoms with van der Waals surface area (Å²) in [5.41, 5.74) is 4.30. The van der Waals surface area contributed by atoms with Gasteiger partial charge in [-0.1, -0.05) is 30.3 Å². The third-order valence-electron chi connectivity index (χ3n) is 5.38. The minimum atomic E-state index is -0.487. The second kappa shape index (κ2) is 10.3. The lowest BCUT2D eigenvalue weighted by molar-refractivity contribution is -0.0974. The highest BCUT2D eigenvalue weighted by atomic mass is 16.7. The van der Waals surface area contributed by atoms with Gasteiger partial charge < -0.3 is 19.5 Å². The van der Waals surface area contributed by atoms with Crippen molar-refractivity contribution in [3.63, 3.8) is 0 Å². The van der Waals surface area contributed by atoms with Crippen molar-refractivity contribution < 1.29 is 19.0 Å². The van der Waals surface area contributed by atoms with Crippen LogP contribution in [0.15, 0.2) is 72.8 Å². The molecule has 4 aromatic rings. The summed E-state index contributed by atoms with van der Waals surface area (Å²) in [4.78, 5) is 17.2. The van der Waals surface area contributed by atoms with Crippen molar-refractivity contribution in [1.29, 1.82) is 0 Å². The van der Waals surface area contributed by atoms with Crippen LogP contribution in [0.5, 0.6) is 5.75 Å². The molecule has 0 unspecified atom stereocenters. The van der Waals surface area contributed by atoms with E-state index in [0.717, 1.165) is 33.9 Å². The van der Waals surface area contributed by atoms with E-state index in [1.54, 1.807) is 12.1 Å². The normalized spacial score (nSPS) is 11.2. The number of methoxy groups -OCH3 is 2. The molecule has 0 aliphatic rings. The number of hydrogen-bond donors (Lipinski definition) is 1. The number of nitrogens with one attached hydrogen (secondary N) is 1. The number of benzene rings is 3. The molecule has 7 nitrogen and oxygen atoms in total. The minimum absolute atomic E-state index is 0.205. The van der Waals surface area contributed by atoms with Gasteiger partial charge in [0.2, 0.25) is 0 Å². The highest BCUT2D eigenvalue weighted by Crippen LogP contribution is 2.24. The maximum absolute atomic E-state index is 12.5. The first-order chi connectivity index (χ1) is 16.1. The fraction of sp³-hybridized carbons (Fsp3) is 0.231. The van der Waals surface area contributed by atoms with Gasteiger partial charge >= 0.3 is 0 Å². The lowest BCUT2D eigenvalue weighted by Crippen LogP contribution is -2.34. The molecule has 3 aromatic carbocycles. The van der Waals surface area contributed by atoms with Gasteiger partial charge in [-0.15, -0.1) is 0 Å². The molecule has 0 saturated carbocycles. The van der Waals surface area contributed by atoms with Crippen LogP contribution in [0.4, 0.5) is 0 Å². The number of aromatic nitrogens is 2. The van der Waals surface area contributed by atoms with E-state index in [1.807, 2.05) is 67.6 Å². The second-order valence-electron chi connectivity index (χ2n) is 7.58.